The van der Waals surface area contributed by atoms with Crippen molar-refractivity contribution >= 4 is 17.4 Å². The van der Waals surface area contributed by atoms with E-state index in [2.05, 4.69) is 0 Å². The fourth-order valence-electron chi connectivity index (χ4n) is 4.37. The van der Waals surface area contributed by atoms with Crippen LogP contribution in [0.25, 0.3) is 5.76 Å². The Morgan fingerprint density at radius 1 is 1.00 bits per heavy atom. The Kier molecular flexibility index (Phi) is 9.58. The van der Waals surface area contributed by atoms with Crippen LogP contribution >= 0.6 is 0 Å². The van der Waals surface area contributed by atoms with Gasteiger partial charge in [-0.2, -0.15) is 0 Å². The summed E-state index contributed by atoms with van der Waals surface area (Å²) in [6.45, 7) is 9.64. The highest BCUT2D eigenvalue weighted by Gasteiger charge is 2.46. The number of likely N-dealkylation sites (tertiary alicyclic amines) is 1. The predicted octanol–water partition coefficient (Wildman–Crippen LogP) is 4.64. The van der Waals surface area contributed by atoms with Gasteiger partial charge in [0.1, 0.15) is 11.5 Å². The number of carbonyl (C=O) groups excluding carboxylic acids is 2. The second-order valence-corrected chi connectivity index (χ2v) is 9.41. The maximum absolute atomic E-state index is 13.3. The number of rotatable bonds is 12. The number of hydrogen-bond donors (Lipinski definition) is 1. The Bertz CT molecular complexity index is 1120. The molecule has 0 saturated carbocycles. The van der Waals surface area contributed by atoms with Gasteiger partial charge in [0.15, 0.2) is 11.5 Å². The van der Waals surface area contributed by atoms with Crippen molar-refractivity contribution in [2.45, 2.75) is 46.3 Å². The van der Waals surface area contributed by atoms with E-state index in [1.807, 2.05) is 52.8 Å². The van der Waals surface area contributed by atoms with Crippen LogP contribution < -0.4 is 14.2 Å². The maximum atomic E-state index is 13.3. The SMILES string of the molecule is CCOc1ccc([C@H]2C(=C(O)c3ccc(OC(C)C)cc3)C(=O)C(=O)N2CCCN(C)C)cc1OCC. The largest absolute Gasteiger partial charge is 0.507 e. The fourth-order valence-corrected chi connectivity index (χ4v) is 4.37. The lowest BCUT2D eigenvalue weighted by Gasteiger charge is -2.26. The molecule has 0 bridgehead atoms. The molecule has 0 radical (unpaired) electrons. The van der Waals surface area contributed by atoms with Gasteiger partial charge in [-0.25, -0.2) is 0 Å². The van der Waals surface area contributed by atoms with Crippen molar-refractivity contribution in [2.24, 2.45) is 0 Å². The third-order valence-corrected chi connectivity index (χ3v) is 5.93. The Labute approximate surface area is 219 Å². The summed E-state index contributed by atoms with van der Waals surface area (Å²) in [5.41, 5.74) is 1.15. The number of aliphatic hydroxyl groups excluding tert-OH is 1. The van der Waals surface area contributed by atoms with Gasteiger partial charge in [0.25, 0.3) is 11.7 Å². The van der Waals surface area contributed by atoms with Crippen molar-refractivity contribution < 1.29 is 28.9 Å². The van der Waals surface area contributed by atoms with E-state index in [1.54, 1.807) is 41.3 Å². The molecule has 0 aliphatic carbocycles. The van der Waals surface area contributed by atoms with Gasteiger partial charge in [-0.1, -0.05) is 6.07 Å². The van der Waals surface area contributed by atoms with Crippen LogP contribution in [0.15, 0.2) is 48.0 Å². The Morgan fingerprint density at radius 3 is 2.24 bits per heavy atom. The molecule has 2 aromatic rings. The van der Waals surface area contributed by atoms with Crippen molar-refractivity contribution in [2.75, 3.05) is 40.4 Å². The van der Waals surface area contributed by atoms with E-state index in [4.69, 9.17) is 14.2 Å². The van der Waals surface area contributed by atoms with Crippen LogP contribution in [0.3, 0.4) is 0 Å². The summed E-state index contributed by atoms with van der Waals surface area (Å²) < 4.78 is 17.2. The molecule has 0 unspecified atom stereocenters. The highest BCUT2D eigenvalue weighted by atomic mass is 16.5. The molecule has 1 fully saturated rings. The average Bonchev–Trinajstić information content (AvgIpc) is 3.10. The monoisotopic (exact) mass is 510 g/mol. The van der Waals surface area contributed by atoms with Gasteiger partial charge in [0.05, 0.1) is 30.9 Å². The standard InChI is InChI=1S/C29H38N2O6/c1-7-35-23-15-12-21(18-24(23)36-8-2)26-25(28(33)29(34)31(26)17-9-16-30(5)6)27(32)20-10-13-22(14-11-20)37-19(3)4/h10-15,18-19,26,32H,7-9,16-17H2,1-6H3/t26-/m0/s1. The zero-order valence-electron chi connectivity index (χ0n) is 22.6. The summed E-state index contributed by atoms with van der Waals surface area (Å²) in [6.07, 6.45) is 0.679. The smallest absolute Gasteiger partial charge is 0.295 e. The Morgan fingerprint density at radius 2 is 1.65 bits per heavy atom. The molecule has 1 N–H and O–H groups in total. The van der Waals surface area contributed by atoms with E-state index in [1.165, 1.54) is 0 Å². The molecule has 0 spiro atoms. The normalized spacial score (nSPS) is 17.1. The lowest BCUT2D eigenvalue weighted by atomic mass is 9.95. The first-order chi connectivity index (χ1) is 17.7. The lowest BCUT2D eigenvalue weighted by molar-refractivity contribution is -0.139. The molecule has 1 aliphatic heterocycles. The first-order valence-corrected chi connectivity index (χ1v) is 12.8. The minimum atomic E-state index is -0.761. The molecule has 37 heavy (non-hydrogen) atoms. The van der Waals surface area contributed by atoms with Gasteiger partial charge in [-0.05, 0) is 96.7 Å². The minimum Gasteiger partial charge on any atom is -0.507 e. The summed E-state index contributed by atoms with van der Waals surface area (Å²) >= 11 is 0. The fraction of sp³-hybridized carbons (Fsp3) is 0.448. The van der Waals surface area contributed by atoms with E-state index in [-0.39, 0.29) is 17.4 Å². The Hall–Kier alpha value is -3.52. The molecule has 8 nitrogen and oxygen atoms in total. The Balaban J connectivity index is 2.10. The van der Waals surface area contributed by atoms with E-state index >= 15 is 0 Å². The summed E-state index contributed by atoms with van der Waals surface area (Å²) in [5.74, 6) is 0.203. The topological polar surface area (TPSA) is 88.5 Å². The molecule has 200 valence electrons. The summed E-state index contributed by atoms with van der Waals surface area (Å²) in [6, 6.07) is 11.5. The molecule has 1 aliphatic rings. The zero-order chi connectivity index (χ0) is 27.1. The van der Waals surface area contributed by atoms with Crippen LogP contribution in [-0.2, 0) is 9.59 Å². The molecule has 0 aromatic heterocycles. The number of ketones is 1. The van der Waals surface area contributed by atoms with Gasteiger partial charge in [-0.3, -0.25) is 9.59 Å². The van der Waals surface area contributed by atoms with Crippen LogP contribution in [0.1, 0.15) is 51.3 Å². The van der Waals surface area contributed by atoms with Crippen molar-refractivity contribution in [3.8, 4) is 17.2 Å². The first kappa shape index (κ1) is 28.1. The van der Waals surface area contributed by atoms with Crippen molar-refractivity contribution in [3.63, 3.8) is 0 Å². The summed E-state index contributed by atoms with van der Waals surface area (Å²) in [5, 5.41) is 11.3. The molecule has 1 heterocycles. The van der Waals surface area contributed by atoms with Gasteiger partial charge < -0.3 is 29.1 Å². The quantitative estimate of drug-likeness (QED) is 0.253. The third kappa shape index (κ3) is 6.63. The number of nitrogens with zero attached hydrogens (tertiary/aromatic N) is 2. The highest BCUT2D eigenvalue weighted by Crippen LogP contribution is 2.42. The number of Topliss-reactive ketones (excluding diaryl/α,β-unsaturated/α-hetero) is 1. The van der Waals surface area contributed by atoms with Crippen LogP contribution in [0.5, 0.6) is 17.2 Å². The second kappa shape index (κ2) is 12.6. The average molecular weight is 511 g/mol. The highest BCUT2D eigenvalue weighted by molar-refractivity contribution is 6.46. The molecule has 1 atom stereocenters. The summed E-state index contributed by atoms with van der Waals surface area (Å²) in [4.78, 5) is 30.1. The van der Waals surface area contributed by atoms with Crippen LogP contribution in [0.4, 0.5) is 0 Å². The molecular formula is C29H38N2O6. The molecular weight excluding hydrogens is 472 g/mol. The minimum absolute atomic E-state index is 0.00568. The number of aliphatic hydroxyl groups is 1. The van der Waals surface area contributed by atoms with Crippen molar-refractivity contribution in [1.82, 2.24) is 9.80 Å². The lowest BCUT2D eigenvalue weighted by Crippen LogP contribution is -2.32. The van der Waals surface area contributed by atoms with Gasteiger partial charge in [-0.15, -0.1) is 0 Å². The number of hydrogen-bond acceptors (Lipinski definition) is 7. The zero-order valence-corrected chi connectivity index (χ0v) is 22.6. The van der Waals surface area contributed by atoms with Crippen molar-refractivity contribution in [1.29, 1.82) is 0 Å². The van der Waals surface area contributed by atoms with E-state index in [0.29, 0.717) is 54.6 Å². The predicted molar refractivity (Wildman–Crippen MR) is 143 cm³/mol. The number of benzene rings is 2. The van der Waals surface area contributed by atoms with Gasteiger partial charge in [0, 0.05) is 12.1 Å². The maximum Gasteiger partial charge on any atom is 0.295 e. The van der Waals surface area contributed by atoms with E-state index in [9.17, 15) is 14.7 Å². The molecule has 1 amide bonds. The number of carbonyl (C=O) groups is 2. The van der Waals surface area contributed by atoms with Gasteiger partial charge >= 0.3 is 0 Å². The van der Waals surface area contributed by atoms with Crippen LogP contribution in [0.2, 0.25) is 0 Å². The van der Waals surface area contributed by atoms with E-state index in [0.717, 1.165) is 6.54 Å². The summed E-state index contributed by atoms with van der Waals surface area (Å²) in [7, 11) is 3.91. The molecule has 8 heteroatoms. The number of amides is 1. The van der Waals surface area contributed by atoms with Gasteiger partial charge in [0.2, 0.25) is 0 Å². The van der Waals surface area contributed by atoms with Crippen molar-refractivity contribution in [3.05, 3.63) is 59.2 Å². The molecule has 3 rings (SSSR count). The van der Waals surface area contributed by atoms with Crippen LogP contribution in [-0.4, -0.2) is 73.1 Å². The molecule has 1 saturated heterocycles. The first-order valence-electron chi connectivity index (χ1n) is 12.8. The number of ether oxygens (including phenoxy) is 3. The van der Waals surface area contributed by atoms with E-state index < -0.39 is 17.7 Å². The van der Waals surface area contributed by atoms with Crippen LogP contribution in [0, 0.1) is 0 Å². The third-order valence-electron chi connectivity index (χ3n) is 5.93. The molecule has 2 aromatic carbocycles. The second-order valence-electron chi connectivity index (χ2n) is 9.41.